The SMILES string of the molecule is Cn1cc(-c2ncccc2CNC(=O)Cc2ccc(F)cc2F)cn1. The normalized spacial score (nSPS) is 10.7. The van der Waals surface area contributed by atoms with Gasteiger partial charge in [0.2, 0.25) is 5.91 Å². The van der Waals surface area contributed by atoms with E-state index in [0.717, 1.165) is 29.0 Å². The molecule has 7 heteroatoms. The lowest BCUT2D eigenvalue weighted by Crippen LogP contribution is -2.25. The highest BCUT2D eigenvalue weighted by molar-refractivity contribution is 5.78. The first-order valence-corrected chi connectivity index (χ1v) is 7.66. The zero-order chi connectivity index (χ0) is 17.8. The Morgan fingerprint density at radius 3 is 2.80 bits per heavy atom. The number of nitrogens with zero attached hydrogens (tertiary/aromatic N) is 3. The molecule has 5 nitrogen and oxygen atoms in total. The molecule has 0 atom stereocenters. The van der Waals surface area contributed by atoms with Gasteiger partial charge in [0.1, 0.15) is 11.6 Å². The van der Waals surface area contributed by atoms with Gasteiger partial charge in [-0.1, -0.05) is 12.1 Å². The zero-order valence-corrected chi connectivity index (χ0v) is 13.5. The van der Waals surface area contributed by atoms with Crippen molar-refractivity contribution in [3.8, 4) is 11.3 Å². The standard InChI is InChI=1S/C18H16F2N4O/c1-24-11-14(10-23-24)18-13(3-2-6-21-18)9-22-17(25)7-12-4-5-15(19)8-16(12)20/h2-6,8,10-11H,7,9H2,1H3,(H,22,25). The number of nitrogens with one attached hydrogen (secondary N) is 1. The van der Waals surface area contributed by atoms with E-state index < -0.39 is 11.6 Å². The number of rotatable bonds is 5. The fraction of sp³-hybridized carbons (Fsp3) is 0.167. The molecule has 0 unspecified atom stereocenters. The first-order valence-electron chi connectivity index (χ1n) is 7.66. The summed E-state index contributed by atoms with van der Waals surface area (Å²) in [7, 11) is 1.81. The lowest BCUT2D eigenvalue weighted by atomic mass is 10.1. The number of benzene rings is 1. The summed E-state index contributed by atoms with van der Waals surface area (Å²) in [5.41, 5.74) is 2.54. The van der Waals surface area contributed by atoms with E-state index in [4.69, 9.17) is 0 Å². The first-order chi connectivity index (χ1) is 12.0. The van der Waals surface area contributed by atoms with Crippen LogP contribution in [0.5, 0.6) is 0 Å². The molecule has 1 aromatic carbocycles. The summed E-state index contributed by atoms with van der Waals surface area (Å²) in [6.07, 6.45) is 5.04. The molecule has 0 spiro atoms. The summed E-state index contributed by atoms with van der Waals surface area (Å²) >= 11 is 0. The molecule has 2 heterocycles. The summed E-state index contributed by atoms with van der Waals surface area (Å²) in [5.74, 6) is -1.75. The molecule has 0 saturated heterocycles. The topological polar surface area (TPSA) is 59.8 Å². The van der Waals surface area contributed by atoms with Crippen LogP contribution < -0.4 is 5.32 Å². The molecule has 0 saturated carbocycles. The van der Waals surface area contributed by atoms with Gasteiger partial charge >= 0.3 is 0 Å². The van der Waals surface area contributed by atoms with Gasteiger partial charge in [0.15, 0.2) is 0 Å². The van der Waals surface area contributed by atoms with E-state index >= 15 is 0 Å². The van der Waals surface area contributed by atoms with Crippen molar-refractivity contribution in [1.82, 2.24) is 20.1 Å². The Kier molecular flexibility index (Phi) is 4.83. The number of hydrogen-bond acceptors (Lipinski definition) is 3. The van der Waals surface area contributed by atoms with Crippen LogP contribution in [-0.2, 0) is 24.8 Å². The summed E-state index contributed by atoms with van der Waals surface area (Å²) in [5, 5.41) is 6.86. The van der Waals surface area contributed by atoms with Crippen molar-refractivity contribution >= 4 is 5.91 Å². The molecule has 0 aliphatic rings. The predicted molar refractivity (Wildman–Crippen MR) is 88.3 cm³/mol. The van der Waals surface area contributed by atoms with E-state index in [2.05, 4.69) is 15.4 Å². The Morgan fingerprint density at radius 2 is 2.08 bits per heavy atom. The van der Waals surface area contributed by atoms with Crippen molar-refractivity contribution in [3.63, 3.8) is 0 Å². The molecule has 1 amide bonds. The molecule has 25 heavy (non-hydrogen) atoms. The highest BCUT2D eigenvalue weighted by Gasteiger charge is 2.12. The summed E-state index contributed by atoms with van der Waals surface area (Å²) in [6.45, 7) is 0.250. The fourth-order valence-electron chi connectivity index (χ4n) is 2.48. The van der Waals surface area contributed by atoms with Crippen LogP contribution in [-0.4, -0.2) is 20.7 Å². The summed E-state index contributed by atoms with van der Waals surface area (Å²) in [6, 6.07) is 6.81. The Morgan fingerprint density at radius 1 is 1.24 bits per heavy atom. The Balaban J connectivity index is 1.68. The summed E-state index contributed by atoms with van der Waals surface area (Å²) in [4.78, 5) is 16.4. The molecule has 0 fully saturated rings. The van der Waals surface area contributed by atoms with Crippen LogP contribution in [0.15, 0.2) is 48.9 Å². The van der Waals surface area contributed by atoms with Gasteiger partial charge < -0.3 is 5.32 Å². The lowest BCUT2D eigenvalue weighted by Gasteiger charge is -2.09. The third-order valence-corrected chi connectivity index (χ3v) is 3.71. The third kappa shape index (κ3) is 4.06. The average molecular weight is 342 g/mol. The van der Waals surface area contributed by atoms with Gasteiger partial charge in [-0.05, 0) is 23.3 Å². The minimum Gasteiger partial charge on any atom is -0.352 e. The monoisotopic (exact) mass is 342 g/mol. The average Bonchev–Trinajstić information content (AvgIpc) is 3.02. The molecular formula is C18H16F2N4O. The number of pyridine rings is 1. The van der Waals surface area contributed by atoms with Crippen molar-refractivity contribution < 1.29 is 13.6 Å². The Bertz CT molecular complexity index is 908. The smallest absolute Gasteiger partial charge is 0.224 e. The molecule has 3 rings (SSSR count). The second kappa shape index (κ2) is 7.21. The fourth-order valence-corrected chi connectivity index (χ4v) is 2.48. The molecule has 0 radical (unpaired) electrons. The van der Waals surface area contributed by atoms with Gasteiger partial charge in [-0.25, -0.2) is 8.78 Å². The van der Waals surface area contributed by atoms with E-state index in [-0.39, 0.29) is 24.4 Å². The van der Waals surface area contributed by atoms with Crippen LogP contribution >= 0.6 is 0 Å². The van der Waals surface area contributed by atoms with Gasteiger partial charge in [-0.3, -0.25) is 14.5 Å². The molecular weight excluding hydrogens is 326 g/mol. The molecule has 1 N–H and O–H groups in total. The second-order valence-corrected chi connectivity index (χ2v) is 5.60. The number of aryl methyl sites for hydroxylation is 1. The molecule has 3 aromatic rings. The highest BCUT2D eigenvalue weighted by atomic mass is 19.1. The van der Waals surface area contributed by atoms with E-state index in [1.54, 1.807) is 23.1 Å². The molecule has 128 valence electrons. The van der Waals surface area contributed by atoms with Gasteiger partial charge in [0.05, 0.1) is 18.3 Å². The third-order valence-electron chi connectivity index (χ3n) is 3.71. The molecule has 0 aliphatic carbocycles. The summed E-state index contributed by atoms with van der Waals surface area (Å²) < 4.78 is 28.2. The van der Waals surface area contributed by atoms with Crippen LogP contribution in [0.4, 0.5) is 8.78 Å². The van der Waals surface area contributed by atoms with E-state index in [9.17, 15) is 13.6 Å². The highest BCUT2D eigenvalue weighted by Crippen LogP contribution is 2.20. The quantitative estimate of drug-likeness (QED) is 0.775. The number of hydrogen-bond donors (Lipinski definition) is 1. The van der Waals surface area contributed by atoms with Crippen molar-refractivity contribution in [2.75, 3.05) is 0 Å². The molecule has 0 bridgehead atoms. The maximum absolute atomic E-state index is 13.6. The van der Waals surface area contributed by atoms with Gasteiger partial charge in [0, 0.05) is 37.6 Å². The van der Waals surface area contributed by atoms with Crippen molar-refractivity contribution in [2.45, 2.75) is 13.0 Å². The second-order valence-electron chi connectivity index (χ2n) is 5.60. The number of aromatic nitrogens is 3. The lowest BCUT2D eigenvalue weighted by molar-refractivity contribution is -0.120. The van der Waals surface area contributed by atoms with E-state index in [1.165, 1.54) is 6.07 Å². The van der Waals surface area contributed by atoms with Gasteiger partial charge in [-0.2, -0.15) is 5.10 Å². The van der Waals surface area contributed by atoms with E-state index in [1.807, 2.05) is 19.3 Å². The molecule has 0 aliphatic heterocycles. The maximum atomic E-state index is 13.6. The van der Waals surface area contributed by atoms with Crippen LogP contribution in [0.3, 0.4) is 0 Å². The number of carbonyl (C=O) groups is 1. The van der Waals surface area contributed by atoms with Crippen LogP contribution in [0.25, 0.3) is 11.3 Å². The maximum Gasteiger partial charge on any atom is 0.224 e. The van der Waals surface area contributed by atoms with Crippen LogP contribution in [0.1, 0.15) is 11.1 Å². The van der Waals surface area contributed by atoms with Crippen molar-refractivity contribution in [3.05, 3.63) is 71.7 Å². The van der Waals surface area contributed by atoms with Gasteiger partial charge in [0.25, 0.3) is 0 Å². The largest absolute Gasteiger partial charge is 0.352 e. The van der Waals surface area contributed by atoms with E-state index in [0.29, 0.717) is 0 Å². The van der Waals surface area contributed by atoms with Gasteiger partial charge in [-0.15, -0.1) is 0 Å². The zero-order valence-electron chi connectivity index (χ0n) is 13.5. The van der Waals surface area contributed by atoms with Crippen molar-refractivity contribution in [2.24, 2.45) is 7.05 Å². The van der Waals surface area contributed by atoms with Crippen LogP contribution in [0.2, 0.25) is 0 Å². The minimum absolute atomic E-state index is 0.151. The minimum atomic E-state index is -0.729. The van der Waals surface area contributed by atoms with Crippen LogP contribution in [0, 0.1) is 11.6 Å². The first kappa shape index (κ1) is 16.8. The number of halogens is 2. The van der Waals surface area contributed by atoms with Crippen molar-refractivity contribution in [1.29, 1.82) is 0 Å². The molecule has 2 aromatic heterocycles. The predicted octanol–water partition coefficient (Wildman–Crippen LogP) is 2.62. The Labute approximate surface area is 143 Å². The number of amides is 1. The Hall–Kier alpha value is -3.09. The number of carbonyl (C=O) groups excluding carboxylic acids is 1.